The third-order valence-corrected chi connectivity index (χ3v) is 2.94. The van der Waals surface area contributed by atoms with Crippen LogP contribution in [0.3, 0.4) is 0 Å². The summed E-state index contributed by atoms with van der Waals surface area (Å²) < 4.78 is 13.9. The van der Waals surface area contributed by atoms with Gasteiger partial charge >= 0.3 is 5.69 Å². The van der Waals surface area contributed by atoms with Gasteiger partial charge in [-0.25, -0.2) is 9.37 Å². The smallest absolute Gasteiger partial charge is 0.312 e. The van der Waals surface area contributed by atoms with Gasteiger partial charge in [-0.15, -0.1) is 0 Å². The van der Waals surface area contributed by atoms with Crippen molar-refractivity contribution < 1.29 is 9.31 Å². The summed E-state index contributed by atoms with van der Waals surface area (Å²) in [7, 11) is 1.55. The highest BCUT2D eigenvalue weighted by molar-refractivity contribution is 5.70. The number of nitro groups is 1. The Morgan fingerprint density at radius 1 is 1.33 bits per heavy atom. The van der Waals surface area contributed by atoms with Crippen molar-refractivity contribution in [3.05, 3.63) is 52.3 Å². The van der Waals surface area contributed by atoms with E-state index in [0.717, 1.165) is 0 Å². The van der Waals surface area contributed by atoms with Crippen molar-refractivity contribution in [2.75, 3.05) is 23.8 Å². The first kappa shape index (κ1) is 14.7. The second-order valence-corrected chi connectivity index (χ2v) is 4.34. The Labute approximate surface area is 121 Å². The topological polar surface area (TPSA) is 71.3 Å². The lowest BCUT2D eigenvalue weighted by Gasteiger charge is -2.19. The van der Waals surface area contributed by atoms with Gasteiger partial charge in [0, 0.05) is 19.7 Å². The lowest BCUT2D eigenvalue weighted by atomic mass is 10.2. The first-order chi connectivity index (χ1) is 10.0. The molecule has 0 aliphatic carbocycles. The quantitative estimate of drug-likeness (QED) is 0.675. The van der Waals surface area contributed by atoms with Crippen LogP contribution in [0.5, 0.6) is 0 Å². The molecule has 0 fully saturated rings. The molecular formula is C14H15FN4O2. The Kier molecular flexibility index (Phi) is 4.32. The number of para-hydroxylation sites is 1. The molecule has 0 aliphatic heterocycles. The molecule has 0 radical (unpaired) electrons. The van der Waals surface area contributed by atoms with Gasteiger partial charge in [-0.1, -0.05) is 12.1 Å². The maximum atomic E-state index is 13.9. The van der Waals surface area contributed by atoms with Crippen LogP contribution in [0.25, 0.3) is 0 Å². The summed E-state index contributed by atoms with van der Waals surface area (Å²) in [4.78, 5) is 16.2. The molecule has 1 heterocycles. The van der Waals surface area contributed by atoms with E-state index in [4.69, 9.17) is 0 Å². The molecular weight excluding hydrogens is 275 g/mol. The minimum Gasteiger partial charge on any atom is -0.370 e. The lowest BCUT2D eigenvalue weighted by molar-refractivity contribution is -0.384. The Bertz CT molecular complexity index is 663. The van der Waals surface area contributed by atoms with Crippen LogP contribution in [0.15, 0.2) is 36.4 Å². The van der Waals surface area contributed by atoms with Gasteiger partial charge in [-0.05, 0) is 25.1 Å². The lowest BCUT2D eigenvalue weighted by Crippen LogP contribution is -2.15. The molecule has 0 bridgehead atoms. The van der Waals surface area contributed by atoms with Crippen LogP contribution in [0, 0.1) is 15.9 Å². The van der Waals surface area contributed by atoms with E-state index in [1.165, 1.54) is 23.1 Å². The Balaban J connectivity index is 2.52. The molecule has 0 saturated carbocycles. The van der Waals surface area contributed by atoms with Crippen LogP contribution in [0.2, 0.25) is 0 Å². The zero-order chi connectivity index (χ0) is 15.4. The summed E-state index contributed by atoms with van der Waals surface area (Å²) in [6, 6.07) is 8.95. The van der Waals surface area contributed by atoms with E-state index >= 15 is 0 Å². The molecule has 0 amide bonds. The van der Waals surface area contributed by atoms with Gasteiger partial charge in [0.25, 0.3) is 0 Å². The van der Waals surface area contributed by atoms with E-state index in [0.29, 0.717) is 12.4 Å². The van der Waals surface area contributed by atoms with Gasteiger partial charge in [0.2, 0.25) is 5.82 Å². The Morgan fingerprint density at radius 2 is 2.05 bits per heavy atom. The zero-order valence-corrected chi connectivity index (χ0v) is 11.7. The normalized spacial score (nSPS) is 10.2. The minimum absolute atomic E-state index is 0.0866. The van der Waals surface area contributed by atoms with E-state index < -0.39 is 10.7 Å². The van der Waals surface area contributed by atoms with Crippen LogP contribution in [0.4, 0.5) is 27.4 Å². The highest BCUT2D eigenvalue weighted by Crippen LogP contribution is 2.32. The van der Waals surface area contributed by atoms with Crippen LogP contribution < -0.4 is 10.2 Å². The van der Waals surface area contributed by atoms with Gasteiger partial charge in [-0.3, -0.25) is 10.1 Å². The molecule has 6 nitrogen and oxygen atoms in total. The number of hydrogen-bond donors (Lipinski definition) is 1. The summed E-state index contributed by atoms with van der Waals surface area (Å²) in [5.41, 5.74) is 0.0455. The van der Waals surface area contributed by atoms with E-state index in [-0.39, 0.29) is 17.2 Å². The van der Waals surface area contributed by atoms with E-state index in [1.807, 2.05) is 6.92 Å². The number of rotatable bonds is 5. The molecule has 0 unspecified atom stereocenters. The second-order valence-electron chi connectivity index (χ2n) is 4.34. The number of pyridine rings is 1. The van der Waals surface area contributed by atoms with Crippen LogP contribution in [-0.4, -0.2) is 23.5 Å². The maximum Gasteiger partial charge on any atom is 0.312 e. The Morgan fingerprint density at radius 3 is 2.67 bits per heavy atom. The minimum atomic E-state index is -0.532. The van der Waals surface area contributed by atoms with Crippen molar-refractivity contribution in [1.82, 2.24) is 4.98 Å². The number of halogens is 1. The molecule has 21 heavy (non-hydrogen) atoms. The molecule has 0 aliphatic rings. The first-order valence-electron chi connectivity index (χ1n) is 6.42. The number of aromatic nitrogens is 1. The largest absolute Gasteiger partial charge is 0.370 e. The molecule has 0 spiro atoms. The van der Waals surface area contributed by atoms with E-state index in [2.05, 4.69) is 10.3 Å². The number of hydrogen-bond acceptors (Lipinski definition) is 5. The average molecular weight is 290 g/mol. The monoisotopic (exact) mass is 290 g/mol. The SMILES string of the molecule is CCNc1ccc([N+](=O)[O-])c(N(C)c2ccccc2F)n1. The van der Waals surface area contributed by atoms with Gasteiger partial charge in [0.15, 0.2) is 0 Å². The number of nitrogens with one attached hydrogen (secondary N) is 1. The predicted molar refractivity (Wildman–Crippen MR) is 79.5 cm³/mol. The molecule has 110 valence electrons. The summed E-state index contributed by atoms with van der Waals surface area (Å²) in [6.45, 7) is 2.52. The fourth-order valence-electron chi connectivity index (χ4n) is 1.95. The van der Waals surface area contributed by atoms with E-state index in [9.17, 15) is 14.5 Å². The van der Waals surface area contributed by atoms with E-state index in [1.54, 1.807) is 25.2 Å². The standard InChI is InChI=1S/C14H15FN4O2/c1-3-16-13-9-8-12(19(20)21)14(17-13)18(2)11-7-5-4-6-10(11)15/h4-9H,3H2,1-2H3,(H,16,17). The molecule has 1 aromatic carbocycles. The molecule has 7 heteroatoms. The first-order valence-corrected chi connectivity index (χ1v) is 6.42. The van der Waals surface area contributed by atoms with Crippen LogP contribution in [-0.2, 0) is 0 Å². The molecule has 2 rings (SSSR count). The summed E-state index contributed by atoms with van der Waals surface area (Å²) in [5.74, 6) is 0.120. The average Bonchev–Trinajstić information content (AvgIpc) is 2.47. The van der Waals surface area contributed by atoms with Gasteiger partial charge in [0.1, 0.15) is 11.6 Å². The van der Waals surface area contributed by atoms with Crippen molar-refractivity contribution >= 4 is 23.0 Å². The van der Waals surface area contributed by atoms with Crippen molar-refractivity contribution in [3.8, 4) is 0 Å². The van der Waals surface area contributed by atoms with Crippen LogP contribution >= 0.6 is 0 Å². The fraction of sp³-hybridized carbons (Fsp3) is 0.214. The van der Waals surface area contributed by atoms with Crippen LogP contribution in [0.1, 0.15) is 6.92 Å². The third kappa shape index (κ3) is 3.07. The summed E-state index contributed by atoms with van der Waals surface area (Å²) >= 11 is 0. The zero-order valence-electron chi connectivity index (χ0n) is 11.7. The molecule has 1 N–H and O–H groups in total. The molecule has 1 aromatic heterocycles. The number of nitrogens with zero attached hydrogens (tertiary/aromatic N) is 3. The van der Waals surface area contributed by atoms with Crippen molar-refractivity contribution in [2.45, 2.75) is 6.92 Å². The summed E-state index contributed by atoms with van der Waals surface area (Å²) in [6.07, 6.45) is 0. The molecule has 2 aromatic rings. The maximum absolute atomic E-state index is 13.9. The van der Waals surface area contributed by atoms with Gasteiger partial charge in [0.05, 0.1) is 10.6 Å². The van der Waals surface area contributed by atoms with Crippen molar-refractivity contribution in [2.24, 2.45) is 0 Å². The van der Waals surface area contributed by atoms with Crippen molar-refractivity contribution in [1.29, 1.82) is 0 Å². The third-order valence-electron chi connectivity index (χ3n) is 2.94. The molecule has 0 atom stereocenters. The summed E-state index contributed by atoms with van der Waals surface area (Å²) in [5, 5.41) is 14.1. The fourth-order valence-corrected chi connectivity index (χ4v) is 1.95. The molecule has 0 saturated heterocycles. The highest BCUT2D eigenvalue weighted by Gasteiger charge is 2.22. The number of benzene rings is 1. The van der Waals surface area contributed by atoms with Gasteiger partial charge < -0.3 is 10.2 Å². The predicted octanol–water partition coefficient (Wildman–Crippen LogP) is 3.33. The van der Waals surface area contributed by atoms with Crippen molar-refractivity contribution in [3.63, 3.8) is 0 Å². The van der Waals surface area contributed by atoms with Gasteiger partial charge in [-0.2, -0.15) is 0 Å². The highest BCUT2D eigenvalue weighted by atomic mass is 19.1. The number of anilines is 3. The Hall–Kier alpha value is -2.70. The second kappa shape index (κ2) is 6.17.